The minimum atomic E-state index is 0.00910. The molecule has 0 aliphatic heterocycles. The van der Waals surface area contributed by atoms with Gasteiger partial charge in [0.25, 0.3) is 0 Å². The maximum absolute atomic E-state index is 9.13. The van der Waals surface area contributed by atoms with Gasteiger partial charge in [0.2, 0.25) is 5.95 Å². The number of benzene rings is 1. The average Bonchev–Trinajstić information content (AvgIpc) is 2.75. The van der Waals surface area contributed by atoms with Crippen LogP contribution in [0.5, 0.6) is 0 Å². The molecule has 144 valence electrons. The zero-order chi connectivity index (χ0) is 20.1. The van der Waals surface area contributed by atoms with Crippen LogP contribution < -0.4 is 10.6 Å². The Labute approximate surface area is 167 Å². The van der Waals surface area contributed by atoms with Crippen LogP contribution in [0.4, 0.5) is 23.3 Å². The van der Waals surface area contributed by atoms with E-state index in [1.165, 1.54) is 0 Å². The molecule has 0 saturated carbocycles. The number of aliphatic hydroxyl groups is 1. The molecule has 3 heterocycles. The summed E-state index contributed by atoms with van der Waals surface area (Å²) in [6.07, 6.45) is 3.34. The maximum atomic E-state index is 9.13. The summed E-state index contributed by atoms with van der Waals surface area (Å²) in [5.41, 5.74) is 3.29. The van der Waals surface area contributed by atoms with Crippen LogP contribution in [0.3, 0.4) is 0 Å². The Bertz CT molecular complexity index is 1120. The molecule has 0 atom stereocenters. The first kappa shape index (κ1) is 18.5. The van der Waals surface area contributed by atoms with E-state index in [1.54, 1.807) is 24.5 Å². The largest absolute Gasteiger partial charge is 0.392 e. The van der Waals surface area contributed by atoms with Gasteiger partial charge in [-0.25, -0.2) is 19.9 Å². The average molecular weight is 385 g/mol. The summed E-state index contributed by atoms with van der Waals surface area (Å²) in [6, 6.07) is 16.7. The fourth-order valence-electron chi connectivity index (χ4n) is 2.66. The van der Waals surface area contributed by atoms with Crippen molar-refractivity contribution in [1.82, 2.24) is 24.9 Å². The van der Waals surface area contributed by atoms with E-state index in [0.29, 0.717) is 29.1 Å². The van der Waals surface area contributed by atoms with Gasteiger partial charge in [-0.1, -0.05) is 18.2 Å². The predicted molar refractivity (Wildman–Crippen MR) is 111 cm³/mol. The number of pyridine rings is 1. The van der Waals surface area contributed by atoms with Crippen molar-refractivity contribution in [3.8, 4) is 11.5 Å². The Morgan fingerprint density at radius 1 is 0.793 bits per heavy atom. The van der Waals surface area contributed by atoms with Gasteiger partial charge in [-0.2, -0.15) is 4.98 Å². The number of nitrogens with zero attached hydrogens (tertiary/aromatic N) is 5. The molecule has 0 amide bonds. The Morgan fingerprint density at radius 3 is 2.31 bits per heavy atom. The van der Waals surface area contributed by atoms with Gasteiger partial charge in [0.05, 0.1) is 6.61 Å². The molecule has 3 N–H and O–H groups in total. The first-order chi connectivity index (χ1) is 14.2. The monoisotopic (exact) mass is 385 g/mol. The second-order valence-corrected chi connectivity index (χ2v) is 6.30. The van der Waals surface area contributed by atoms with Crippen molar-refractivity contribution < 1.29 is 5.11 Å². The lowest BCUT2D eigenvalue weighted by molar-refractivity contribution is 0.282. The highest BCUT2D eigenvalue weighted by molar-refractivity contribution is 5.59. The van der Waals surface area contributed by atoms with E-state index >= 15 is 0 Å². The number of rotatable bonds is 6. The lowest BCUT2D eigenvalue weighted by Gasteiger charge is -2.09. The second kappa shape index (κ2) is 8.41. The van der Waals surface area contributed by atoms with Crippen LogP contribution in [-0.2, 0) is 6.61 Å². The summed E-state index contributed by atoms with van der Waals surface area (Å²) in [7, 11) is 0. The van der Waals surface area contributed by atoms with Crippen LogP contribution in [0.25, 0.3) is 11.5 Å². The summed E-state index contributed by atoms with van der Waals surface area (Å²) in [5, 5.41) is 15.4. The van der Waals surface area contributed by atoms with Gasteiger partial charge in [0, 0.05) is 23.8 Å². The lowest BCUT2D eigenvalue weighted by Crippen LogP contribution is -2.02. The van der Waals surface area contributed by atoms with Gasteiger partial charge < -0.3 is 15.7 Å². The van der Waals surface area contributed by atoms with Gasteiger partial charge in [-0.3, -0.25) is 0 Å². The molecule has 0 bridgehead atoms. The molecule has 4 aromatic rings. The van der Waals surface area contributed by atoms with Crippen LogP contribution in [0.2, 0.25) is 0 Å². The second-order valence-electron chi connectivity index (χ2n) is 6.30. The van der Waals surface area contributed by atoms with E-state index in [0.717, 1.165) is 16.9 Å². The van der Waals surface area contributed by atoms with Gasteiger partial charge in [-0.05, 0) is 48.9 Å². The quantitative estimate of drug-likeness (QED) is 0.462. The Balaban J connectivity index is 1.51. The molecule has 0 saturated heterocycles. The molecule has 3 aromatic heterocycles. The SMILES string of the molecule is Cc1cccc(-c2nccc(Nc3ccnc(Nc4ccc(CO)cc4)n3)n2)n1. The number of aryl methyl sites for hydroxylation is 1. The van der Waals surface area contributed by atoms with Crippen molar-refractivity contribution >= 4 is 23.3 Å². The molecule has 0 radical (unpaired) electrons. The van der Waals surface area contributed by atoms with Crippen molar-refractivity contribution in [3.05, 3.63) is 78.2 Å². The standard InChI is InChI=1S/C21H19N7O/c1-14-3-2-4-17(24-14)20-22-11-9-18(27-20)26-19-10-12-23-21(28-19)25-16-7-5-15(13-29)6-8-16/h2-12,29H,13H2,1H3,(H2,22,23,25,26,27,28). The Kier molecular flexibility index (Phi) is 5.35. The highest BCUT2D eigenvalue weighted by atomic mass is 16.3. The lowest BCUT2D eigenvalue weighted by atomic mass is 10.2. The minimum Gasteiger partial charge on any atom is -0.392 e. The molecule has 0 aliphatic carbocycles. The first-order valence-corrected chi connectivity index (χ1v) is 9.03. The summed E-state index contributed by atoms with van der Waals surface area (Å²) in [6.45, 7) is 1.94. The molecule has 0 unspecified atom stereocenters. The Morgan fingerprint density at radius 2 is 1.55 bits per heavy atom. The summed E-state index contributed by atoms with van der Waals surface area (Å²) < 4.78 is 0. The van der Waals surface area contributed by atoms with E-state index in [9.17, 15) is 0 Å². The highest BCUT2D eigenvalue weighted by Crippen LogP contribution is 2.19. The van der Waals surface area contributed by atoms with Crippen LogP contribution in [0.15, 0.2) is 67.0 Å². The molecule has 8 nitrogen and oxygen atoms in total. The number of hydrogen-bond donors (Lipinski definition) is 3. The molecular weight excluding hydrogens is 366 g/mol. The number of aliphatic hydroxyl groups excluding tert-OH is 1. The molecule has 0 fully saturated rings. The molecule has 8 heteroatoms. The van der Waals surface area contributed by atoms with E-state index in [2.05, 4.69) is 35.6 Å². The third-order valence-electron chi connectivity index (χ3n) is 4.08. The van der Waals surface area contributed by atoms with Crippen molar-refractivity contribution in [1.29, 1.82) is 0 Å². The number of hydrogen-bond acceptors (Lipinski definition) is 8. The zero-order valence-electron chi connectivity index (χ0n) is 15.7. The maximum Gasteiger partial charge on any atom is 0.229 e. The normalized spacial score (nSPS) is 10.6. The third-order valence-corrected chi connectivity index (χ3v) is 4.08. The van der Waals surface area contributed by atoms with Gasteiger partial charge in [-0.15, -0.1) is 0 Å². The number of nitrogens with one attached hydrogen (secondary N) is 2. The van der Waals surface area contributed by atoms with E-state index in [-0.39, 0.29) is 6.61 Å². The van der Waals surface area contributed by atoms with Crippen LogP contribution in [0.1, 0.15) is 11.3 Å². The summed E-state index contributed by atoms with van der Waals surface area (Å²) in [4.78, 5) is 22.0. The molecule has 0 spiro atoms. The summed E-state index contributed by atoms with van der Waals surface area (Å²) >= 11 is 0. The fourth-order valence-corrected chi connectivity index (χ4v) is 2.66. The Hall–Kier alpha value is -3.91. The van der Waals surface area contributed by atoms with Crippen molar-refractivity contribution in [2.24, 2.45) is 0 Å². The van der Waals surface area contributed by atoms with Crippen LogP contribution in [0, 0.1) is 6.92 Å². The fraction of sp³-hybridized carbons (Fsp3) is 0.0952. The van der Waals surface area contributed by atoms with Gasteiger partial charge >= 0.3 is 0 Å². The highest BCUT2D eigenvalue weighted by Gasteiger charge is 2.06. The van der Waals surface area contributed by atoms with E-state index in [1.807, 2.05) is 49.4 Å². The van der Waals surface area contributed by atoms with Gasteiger partial charge in [0.15, 0.2) is 5.82 Å². The summed E-state index contributed by atoms with van der Waals surface area (Å²) in [5.74, 6) is 2.18. The predicted octanol–water partition coefficient (Wildman–Crippen LogP) is 3.62. The van der Waals surface area contributed by atoms with Crippen molar-refractivity contribution in [2.75, 3.05) is 10.6 Å². The van der Waals surface area contributed by atoms with Gasteiger partial charge in [0.1, 0.15) is 17.3 Å². The molecule has 4 rings (SSSR count). The van der Waals surface area contributed by atoms with Crippen molar-refractivity contribution in [2.45, 2.75) is 13.5 Å². The number of anilines is 4. The van der Waals surface area contributed by atoms with E-state index in [4.69, 9.17) is 5.11 Å². The third kappa shape index (κ3) is 4.69. The van der Waals surface area contributed by atoms with E-state index < -0.39 is 0 Å². The first-order valence-electron chi connectivity index (χ1n) is 9.03. The molecule has 29 heavy (non-hydrogen) atoms. The van der Waals surface area contributed by atoms with Crippen LogP contribution in [-0.4, -0.2) is 30.0 Å². The topological polar surface area (TPSA) is 109 Å². The number of aromatic nitrogens is 5. The van der Waals surface area contributed by atoms with Crippen LogP contribution >= 0.6 is 0 Å². The smallest absolute Gasteiger partial charge is 0.229 e. The zero-order valence-corrected chi connectivity index (χ0v) is 15.7. The molecule has 0 aliphatic rings. The molecular formula is C21H19N7O. The van der Waals surface area contributed by atoms with Crippen molar-refractivity contribution in [3.63, 3.8) is 0 Å². The molecule has 1 aromatic carbocycles. The minimum absolute atomic E-state index is 0.00910.